The minimum Gasteiger partial charge on any atom is -0.479 e. The molecule has 2 aromatic carbocycles. The van der Waals surface area contributed by atoms with Gasteiger partial charge in [-0.05, 0) is 87.1 Å². The summed E-state index contributed by atoms with van der Waals surface area (Å²) in [4.78, 5) is 27.2. The van der Waals surface area contributed by atoms with Gasteiger partial charge in [0.15, 0.2) is 0 Å². The van der Waals surface area contributed by atoms with Crippen molar-refractivity contribution in [1.29, 1.82) is 0 Å². The zero-order valence-corrected chi connectivity index (χ0v) is 36.3. The van der Waals surface area contributed by atoms with Crippen molar-refractivity contribution in [3.05, 3.63) is 156 Å². The molecule has 6 aromatic heterocycles. The summed E-state index contributed by atoms with van der Waals surface area (Å²) >= 11 is 0. The molecule has 0 bridgehead atoms. The minimum absolute atomic E-state index is 0.263. The summed E-state index contributed by atoms with van der Waals surface area (Å²) < 4.78 is 100. The summed E-state index contributed by atoms with van der Waals surface area (Å²) in [7, 11) is 3.09. The van der Waals surface area contributed by atoms with Gasteiger partial charge in [-0.3, -0.25) is 0 Å². The van der Waals surface area contributed by atoms with E-state index in [4.69, 9.17) is 19.4 Å². The van der Waals surface area contributed by atoms with Crippen molar-refractivity contribution in [2.45, 2.75) is 76.8 Å². The first-order chi connectivity index (χ1) is 31.7. The first kappa shape index (κ1) is 44.0. The number of aryl methyl sites for hydroxylation is 4. The van der Waals surface area contributed by atoms with Crippen LogP contribution in [0.2, 0.25) is 0 Å². The molecular weight excluding hydrogens is 863 g/mol. The van der Waals surface area contributed by atoms with Crippen LogP contribution >= 0.6 is 0 Å². The first-order valence-corrected chi connectivity index (χ1v) is 21.3. The number of halogens is 6. The van der Waals surface area contributed by atoms with Crippen LogP contribution in [0.1, 0.15) is 82.8 Å². The molecule has 0 aliphatic carbocycles. The Bertz CT molecular complexity index is 2820. The molecule has 0 fully saturated rings. The Balaban J connectivity index is 0.000000166. The van der Waals surface area contributed by atoms with Gasteiger partial charge in [-0.1, -0.05) is 36.4 Å². The maximum absolute atomic E-state index is 13.7. The lowest BCUT2D eigenvalue weighted by Gasteiger charge is -2.26. The fourth-order valence-electron chi connectivity index (χ4n) is 8.87. The van der Waals surface area contributed by atoms with Crippen LogP contribution in [0, 0.1) is 13.8 Å². The molecule has 12 nitrogen and oxygen atoms in total. The highest BCUT2D eigenvalue weighted by Crippen LogP contribution is 2.43. The molecule has 0 N–H and O–H groups in total. The molecule has 0 unspecified atom stereocenters. The molecule has 0 amide bonds. The summed E-state index contributed by atoms with van der Waals surface area (Å²) in [5.74, 6) is 1.22. The second-order valence-electron chi connectivity index (χ2n) is 16.2. The predicted molar refractivity (Wildman–Crippen MR) is 233 cm³/mol. The van der Waals surface area contributed by atoms with E-state index in [1.165, 1.54) is 12.1 Å². The number of hydrogen-bond acceptors (Lipinski definition) is 8. The molecule has 10 rings (SSSR count). The first-order valence-electron chi connectivity index (χ1n) is 21.3. The van der Waals surface area contributed by atoms with Gasteiger partial charge in [0.1, 0.15) is 34.4 Å². The van der Waals surface area contributed by atoms with Crippen LogP contribution < -0.4 is 9.47 Å². The second-order valence-corrected chi connectivity index (χ2v) is 16.2. The lowest BCUT2D eigenvalue weighted by Crippen LogP contribution is -2.20. The maximum atomic E-state index is 13.7. The van der Waals surface area contributed by atoms with Crippen molar-refractivity contribution in [3.63, 3.8) is 0 Å². The Morgan fingerprint density at radius 2 is 0.924 bits per heavy atom. The molecule has 66 heavy (non-hydrogen) atoms. The zero-order chi connectivity index (χ0) is 46.3. The van der Waals surface area contributed by atoms with Gasteiger partial charge >= 0.3 is 12.4 Å². The number of nitrogens with zero attached hydrogens (tertiary/aromatic N) is 10. The Hall–Kier alpha value is -7.24. The largest absolute Gasteiger partial charge is 0.479 e. The summed E-state index contributed by atoms with van der Waals surface area (Å²) in [6, 6.07) is 18.9. The number of imidazole rings is 4. The minimum atomic E-state index is -4.41. The van der Waals surface area contributed by atoms with E-state index in [0.717, 1.165) is 47.7 Å². The standard InChI is InChI=1S/2C24H22F3N5O/c2*1-15-12-32(14-28-15)21-10-9-19(30-23(21)33-2)20-13-31-11-5-7-17(22(31)29-20)16-6-3-4-8-18(16)24(25,26)27/h2*3-4,6,8-10,12-14,17H,5,7,11H2,1-2H3/t2*17-/m10/s1. The third-order valence-electron chi connectivity index (χ3n) is 11.9. The van der Waals surface area contributed by atoms with Crippen molar-refractivity contribution in [3.8, 4) is 45.9 Å². The highest BCUT2D eigenvalue weighted by molar-refractivity contribution is 5.60. The van der Waals surface area contributed by atoms with Crippen LogP contribution in [0.3, 0.4) is 0 Å². The molecule has 0 saturated heterocycles. The lowest BCUT2D eigenvalue weighted by atomic mass is 9.87. The number of alkyl halides is 6. The summed E-state index contributed by atoms with van der Waals surface area (Å²) in [5, 5.41) is 0. The van der Waals surface area contributed by atoms with Gasteiger partial charge < -0.3 is 27.7 Å². The quantitative estimate of drug-likeness (QED) is 0.138. The van der Waals surface area contributed by atoms with Crippen LogP contribution in [0.15, 0.2) is 110 Å². The van der Waals surface area contributed by atoms with Crippen molar-refractivity contribution in [1.82, 2.24) is 48.2 Å². The van der Waals surface area contributed by atoms with Gasteiger partial charge in [0.2, 0.25) is 11.8 Å². The van der Waals surface area contributed by atoms with Gasteiger partial charge in [-0.2, -0.15) is 26.3 Å². The fraction of sp³-hybridized carbons (Fsp3) is 0.292. The van der Waals surface area contributed by atoms with Crippen molar-refractivity contribution in [2.75, 3.05) is 14.2 Å². The monoisotopic (exact) mass is 906 g/mol. The van der Waals surface area contributed by atoms with E-state index in [2.05, 4.69) is 19.9 Å². The topological polar surface area (TPSA) is 116 Å². The average Bonchev–Trinajstić information content (AvgIpc) is 4.15. The van der Waals surface area contributed by atoms with Crippen LogP contribution in [0.5, 0.6) is 11.8 Å². The fourth-order valence-corrected chi connectivity index (χ4v) is 8.87. The number of hydrogen-bond donors (Lipinski definition) is 0. The molecule has 2 atom stereocenters. The SMILES string of the molecule is COc1nc(-c2cn3c(n2)[C@@H](c2ccccc2C(F)(F)F)CCC3)ccc1-n1cnc(C)c1.COc1nc(-c2cn3c(n2)[C@H](c2ccccc2C(F)(F)F)CCC3)ccc1-n1cnc(C)c1. The molecule has 8 heterocycles. The molecule has 8 aromatic rings. The van der Waals surface area contributed by atoms with Gasteiger partial charge in [-0.25, -0.2) is 29.9 Å². The summed E-state index contributed by atoms with van der Waals surface area (Å²) in [6.45, 7) is 5.20. The molecule has 18 heteroatoms. The van der Waals surface area contributed by atoms with Crippen LogP contribution in [0.25, 0.3) is 34.2 Å². The molecule has 0 saturated carbocycles. The summed E-state index contributed by atoms with van der Waals surface area (Å²) in [6.07, 6.45) is 4.78. The number of ether oxygens (including phenoxy) is 2. The third-order valence-corrected chi connectivity index (χ3v) is 11.9. The lowest BCUT2D eigenvalue weighted by molar-refractivity contribution is -0.139. The van der Waals surface area contributed by atoms with Crippen LogP contribution in [0.4, 0.5) is 26.3 Å². The highest BCUT2D eigenvalue weighted by atomic mass is 19.4. The molecule has 2 aliphatic rings. The van der Waals surface area contributed by atoms with Gasteiger partial charge in [0.05, 0.1) is 60.8 Å². The normalized spacial score (nSPS) is 16.0. The number of benzene rings is 2. The van der Waals surface area contributed by atoms with E-state index in [0.29, 0.717) is 72.1 Å². The van der Waals surface area contributed by atoms with E-state index >= 15 is 0 Å². The Morgan fingerprint density at radius 3 is 1.29 bits per heavy atom. The zero-order valence-electron chi connectivity index (χ0n) is 36.3. The number of methoxy groups -OCH3 is 2. The molecule has 0 radical (unpaired) electrons. The van der Waals surface area contributed by atoms with Crippen molar-refractivity contribution < 1.29 is 35.8 Å². The van der Waals surface area contributed by atoms with E-state index in [9.17, 15) is 26.3 Å². The van der Waals surface area contributed by atoms with Crippen molar-refractivity contribution in [2.24, 2.45) is 0 Å². The number of fused-ring (bicyclic) bond motifs is 2. The maximum Gasteiger partial charge on any atom is 0.416 e. The van der Waals surface area contributed by atoms with E-state index in [1.54, 1.807) is 51.1 Å². The van der Waals surface area contributed by atoms with Gasteiger partial charge in [0, 0.05) is 49.7 Å². The van der Waals surface area contributed by atoms with Crippen LogP contribution in [-0.4, -0.2) is 62.4 Å². The third kappa shape index (κ3) is 8.66. The average molecular weight is 907 g/mol. The molecule has 340 valence electrons. The number of rotatable bonds is 8. The molecule has 0 spiro atoms. The second kappa shape index (κ2) is 17.6. The predicted octanol–water partition coefficient (Wildman–Crippen LogP) is 10.8. The van der Waals surface area contributed by atoms with E-state index < -0.39 is 35.3 Å². The highest BCUT2D eigenvalue weighted by Gasteiger charge is 2.39. The molecule has 2 aliphatic heterocycles. The number of aromatic nitrogens is 10. The number of pyridine rings is 2. The van der Waals surface area contributed by atoms with E-state index in [-0.39, 0.29) is 11.1 Å². The Morgan fingerprint density at radius 1 is 0.515 bits per heavy atom. The Labute approximate surface area is 375 Å². The smallest absolute Gasteiger partial charge is 0.416 e. The van der Waals surface area contributed by atoms with Crippen LogP contribution in [-0.2, 0) is 25.4 Å². The van der Waals surface area contributed by atoms with E-state index in [1.807, 2.05) is 81.2 Å². The molecular formula is C48H44F6N10O2. The van der Waals surface area contributed by atoms with Gasteiger partial charge in [-0.15, -0.1) is 0 Å². The van der Waals surface area contributed by atoms with Gasteiger partial charge in [0.25, 0.3) is 0 Å². The Kier molecular flexibility index (Phi) is 11.7. The van der Waals surface area contributed by atoms with Crippen molar-refractivity contribution >= 4 is 0 Å². The summed E-state index contributed by atoms with van der Waals surface area (Å²) in [5.41, 5.74) is 4.93.